The van der Waals surface area contributed by atoms with E-state index in [1.54, 1.807) is 19.2 Å². The lowest BCUT2D eigenvalue weighted by Gasteiger charge is -2.14. The van der Waals surface area contributed by atoms with Gasteiger partial charge in [0, 0.05) is 8.95 Å². The van der Waals surface area contributed by atoms with Crippen LogP contribution in [0.4, 0.5) is 15.8 Å². The Kier molecular flexibility index (Phi) is 4.24. The second-order valence-corrected chi connectivity index (χ2v) is 5.25. The number of methoxy groups -OCH3 is 1. The van der Waals surface area contributed by atoms with Gasteiger partial charge in [0.15, 0.2) is 0 Å². The van der Waals surface area contributed by atoms with Gasteiger partial charge in [0.2, 0.25) is 0 Å². The lowest BCUT2D eigenvalue weighted by Crippen LogP contribution is -1.98. The molecule has 2 rings (SSSR count). The highest BCUT2D eigenvalue weighted by Crippen LogP contribution is 2.37. The van der Waals surface area contributed by atoms with Crippen LogP contribution in [0.5, 0.6) is 5.75 Å². The van der Waals surface area contributed by atoms with E-state index in [-0.39, 0.29) is 5.82 Å². The Bertz CT molecular complexity index is 555. The summed E-state index contributed by atoms with van der Waals surface area (Å²) in [6, 6.07) is 10.3. The van der Waals surface area contributed by atoms with Gasteiger partial charge < -0.3 is 10.1 Å². The van der Waals surface area contributed by atoms with Crippen LogP contribution in [0.1, 0.15) is 0 Å². The molecule has 2 aromatic carbocycles. The second kappa shape index (κ2) is 5.71. The van der Waals surface area contributed by atoms with Crippen LogP contribution in [0, 0.1) is 5.82 Å². The molecule has 0 aliphatic carbocycles. The van der Waals surface area contributed by atoms with Gasteiger partial charge in [-0.3, -0.25) is 0 Å². The number of ether oxygens (including phenoxy) is 1. The summed E-state index contributed by atoms with van der Waals surface area (Å²) in [5.74, 6) is 0.307. The summed E-state index contributed by atoms with van der Waals surface area (Å²) >= 11 is 6.73. The Hall–Kier alpha value is -1.07. The first-order valence-electron chi connectivity index (χ1n) is 5.17. The molecule has 0 aromatic heterocycles. The van der Waals surface area contributed by atoms with E-state index in [0.717, 1.165) is 4.47 Å². The quantitative estimate of drug-likeness (QED) is 0.806. The lowest BCUT2D eigenvalue weighted by atomic mass is 10.2. The van der Waals surface area contributed by atoms with E-state index in [1.807, 2.05) is 18.2 Å². The van der Waals surface area contributed by atoms with Crippen LogP contribution in [0.3, 0.4) is 0 Å². The fourth-order valence-electron chi connectivity index (χ4n) is 1.54. The Balaban J connectivity index is 2.46. The molecule has 18 heavy (non-hydrogen) atoms. The van der Waals surface area contributed by atoms with Gasteiger partial charge in [0.05, 0.1) is 18.5 Å². The predicted molar refractivity (Wildman–Crippen MR) is 78.1 cm³/mol. The van der Waals surface area contributed by atoms with E-state index >= 15 is 0 Å². The zero-order valence-corrected chi connectivity index (χ0v) is 12.7. The molecule has 0 saturated heterocycles. The number of halogens is 3. The van der Waals surface area contributed by atoms with Crippen molar-refractivity contribution in [3.63, 3.8) is 0 Å². The smallest absolute Gasteiger partial charge is 0.147 e. The summed E-state index contributed by atoms with van der Waals surface area (Å²) in [7, 11) is 1.57. The zero-order chi connectivity index (χ0) is 13.1. The molecule has 0 amide bonds. The van der Waals surface area contributed by atoms with Gasteiger partial charge >= 0.3 is 0 Å². The number of anilines is 2. The minimum Gasteiger partial charge on any atom is -0.495 e. The maximum atomic E-state index is 13.8. The highest BCUT2D eigenvalue weighted by Gasteiger charge is 2.12. The highest BCUT2D eigenvalue weighted by molar-refractivity contribution is 9.11. The molecule has 0 aliphatic rings. The van der Waals surface area contributed by atoms with Gasteiger partial charge in [-0.25, -0.2) is 4.39 Å². The summed E-state index contributed by atoms with van der Waals surface area (Å²) in [6.07, 6.45) is 0. The van der Waals surface area contributed by atoms with Crippen LogP contribution in [-0.2, 0) is 0 Å². The molecule has 0 spiro atoms. The van der Waals surface area contributed by atoms with Crippen molar-refractivity contribution in [2.75, 3.05) is 12.4 Å². The average Bonchev–Trinajstić information content (AvgIpc) is 2.35. The molecular formula is C13H10Br2FNO. The summed E-state index contributed by atoms with van der Waals surface area (Å²) < 4.78 is 20.5. The monoisotopic (exact) mass is 373 g/mol. The van der Waals surface area contributed by atoms with E-state index < -0.39 is 0 Å². The Labute approximate surface area is 121 Å². The van der Waals surface area contributed by atoms with Crippen molar-refractivity contribution in [1.82, 2.24) is 0 Å². The van der Waals surface area contributed by atoms with Gasteiger partial charge in [-0.2, -0.15) is 0 Å². The van der Waals surface area contributed by atoms with E-state index in [1.165, 1.54) is 6.07 Å². The molecule has 0 saturated carbocycles. The van der Waals surface area contributed by atoms with Crippen molar-refractivity contribution in [2.24, 2.45) is 0 Å². The molecule has 5 heteroatoms. The second-order valence-electron chi connectivity index (χ2n) is 3.54. The lowest BCUT2D eigenvalue weighted by molar-refractivity contribution is 0.416. The standard InChI is InChI=1S/C13H10Br2FNO/c1-18-11-7-3-5-9(15)13(11)17-12-8(14)4-2-6-10(12)16/h2-7,17H,1H3. The molecule has 0 radical (unpaired) electrons. The third kappa shape index (κ3) is 2.67. The molecule has 2 aromatic rings. The van der Waals surface area contributed by atoms with E-state index in [9.17, 15) is 4.39 Å². The summed E-state index contributed by atoms with van der Waals surface area (Å²) in [4.78, 5) is 0. The molecule has 0 unspecified atom stereocenters. The molecule has 1 N–H and O–H groups in total. The highest BCUT2D eigenvalue weighted by atomic mass is 79.9. The largest absolute Gasteiger partial charge is 0.495 e. The molecular weight excluding hydrogens is 365 g/mol. The molecule has 2 nitrogen and oxygen atoms in total. The van der Waals surface area contributed by atoms with Crippen LogP contribution >= 0.6 is 31.9 Å². The van der Waals surface area contributed by atoms with Crippen LogP contribution in [0.15, 0.2) is 45.3 Å². The third-order valence-electron chi connectivity index (χ3n) is 2.41. The van der Waals surface area contributed by atoms with Crippen molar-refractivity contribution in [3.05, 3.63) is 51.2 Å². The maximum Gasteiger partial charge on any atom is 0.147 e. The number of rotatable bonds is 3. The van der Waals surface area contributed by atoms with Gasteiger partial charge in [0.25, 0.3) is 0 Å². The fourth-order valence-corrected chi connectivity index (χ4v) is 2.43. The molecule has 0 bridgehead atoms. The van der Waals surface area contributed by atoms with Crippen molar-refractivity contribution in [3.8, 4) is 5.75 Å². The first kappa shape index (κ1) is 13.4. The van der Waals surface area contributed by atoms with Gasteiger partial charge in [-0.1, -0.05) is 12.1 Å². The van der Waals surface area contributed by atoms with E-state index in [4.69, 9.17) is 4.74 Å². The summed E-state index contributed by atoms with van der Waals surface area (Å²) in [5.41, 5.74) is 1.06. The Morgan fingerprint density at radius 3 is 2.22 bits per heavy atom. The summed E-state index contributed by atoms with van der Waals surface area (Å²) in [6.45, 7) is 0. The van der Waals surface area contributed by atoms with Crippen LogP contribution in [-0.4, -0.2) is 7.11 Å². The number of hydrogen-bond acceptors (Lipinski definition) is 2. The van der Waals surface area contributed by atoms with Crippen LogP contribution < -0.4 is 10.1 Å². The molecule has 0 fully saturated rings. The van der Waals surface area contributed by atoms with Crippen molar-refractivity contribution in [2.45, 2.75) is 0 Å². The van der Waals surface area contributed by atoms with Gasteiger partial charge in [-0.15, -0.1) is 0 Å². The van der Waals surface area contributed by atoms with Crippen molar-refractivity contribution >= 4 is 43.2 Å². The van der Waals surface area contributed by atoms with Crippen molar-refractivity contribution in [1.29, 1.82) is 0 Å². The maximum absolute atomic E-state index is 13.8. The minimum absolute atomic E-state index is 0.331. The predicted octanol–water partition coefficient (Wildman–Crippen LogP) is 5.10. The zero-order valence-electron chi connectivity index (χ0n) is 9.51. The van der Waals surface area contributed by atoms with E-state index in [0.29, 0.717) is 21.6 Å². The third-order valence-corrected chi connectivity index (χ3v) is 3.73. The Morgan fingerprint density at radius 2 is 1.61 bits per heavy atom. The Morgan fingerprint density at radius 1 is 1.00 bits per heavy atom. The number of para-hydroxylation sites is 2. The first-order chi connectivity index (χ1) is 8.63. The fraction of sp³-hybridized carbons (Fsp3) is 0.0769. The normalized spacial score (nSPS) is 10.2. The SMILES string of the molecule is COc1cccc(Br)c1Nc1c(F)cccc1Br. The van der Waals surface area contributed by atoms with Gasteiger partial charge in [-0.05, 0) is 56.1 Å². The van der Waals surface area contributed by atoms with E-state index in [2.05, 4.69) is 37.2 Å². The number of hydrogen-bond donors (Lipinski definition) is 1. The molecule has 0 heterocycles. The minimum atomic E-state index is -0.331. The van der Waals surface area contributed by atoms with Crippen LogP contribution in [0.2, 0.25) is 0 Å². The first-order valence-corrected chi connectivity index (χ1v) is 6.75. The van der Waals surface area contributed by atoms with Crippen LogP contribution in [0.25, 0.3) is 0 Å². The topological polar surface area (TPSA) is 21.3 Å². The summed E-state index contributed by atoms with van der Waals surface area (Å²) in [5, 5.41) is 3.03. The molecule has 0 atom stereocenters. The average molecular weight is 375 g/mol. The molecule has 0 aliphatic heterocycles. The molecule has 94 valence electrons. The number of nitrogens with one attached hydrogen (secondary N) is 1. The van der Waals surface area contributed by atoms with Gasteiger partial charge in [0.1, 0.15) is 11.6 Å². The van der Waals surface area contributed by atoms with Crippen molar-refractivity contribution < 1.29 is 9.13 Å². The number of benzene rings is 2.